The van der Waals surface area contributed by atoms with Gasteiger partial charge in [0.1, 0.15) is 12.2 Å². The molecule has 0 amide bonds. The van der Waals surface area contributed by atoms with Crippen molar-refractivity contribution in [3.05, 3.63) is 60.6 Å². The molecule has 0 saturated heterocycles. The van der Waals surface area contributed by atoms with Gasteiger partial charge in [0.15, 0.2) is 0 Å². The van der Waals surface area contributed by atoms with Crippen LogP contribution >= 0.6 is 0 Å². The number of pyridine rings is 1. The largest absolute Gasteiger partial charge is 0.392 e. The number of rotatable bonds is 6. The molecule has 1 aromatic carbocycles. The normalized spacial score (nSPS) is 14.7. The van der Waals surface area contributed by atoms with Gasteiger partial charge in [0.25, 0.3) is 0 Å². The van der Waals surface area contributed by atoms with E-state index < -0.39 is 0 Å². The van der Waals surface area contributed by atoms with E-state index in [1.165, 1.54) is 0 Å². The third kappa shape index (κ3) is 4.47. The van der Waals surface area contributed by atoms with Crippen molar-refractivity contribution >= 4 is 17.2 Å². The second-order valence-corrected chi connectivity index (χ2v) is 5.67. The summed E-state index contributed by atoms with van der Waals surface area (Å²) >= 11 is 0. The van der Waals surface area contributed by atoms with Gasteiger partial charge in [-0.25, -0.2) is 4.57 Å². The van der Waals surface area contributed by atoms with E-state index in [2.05, 4.69) is 26.1 Å². The molecule has 3 rings (SSSR count). The number of nitrogens with zero attached hydrogens (tertiary/aromatic N) is 7. The molecule has 0 saturated carbocycles. The number of aliphatic hydroxyl groups is 1. The zero-order chi connectivity index (χ0) is 18.4. The minimum Gasteiger partial charge on any atom is -0.392 e. The Morgan fingerprint density at radius 1 is 1.04 bits per heavy atom. The Morgan fingerprint density at radius 2 is 1.77 bits per heavy atom. The lowest BCUT2D eigenvalue weighted by Gasteiger charge is -2.14. The highest BCUT2D eigenvalue weighted by Gasteiger charge is 2.13. The standard InChI is InChI=1S/C17H21N8O/c1-14-13-23(2)22-25(14)21-19-16-8-6-15(7-9-16)18-20-17-5-3-4-10-24(17)11-12-26/h3-10,13,26H,11-12H2,1-2H3,(H,21,22)/q+1. The lowest BCUT2D eigenvalue weighted by molar-refractivity contribution is -0.685. The van der Waals surface area contributed by atoms with E-state index in [0.29, 0.717) is 23.7 Å². The SMILES string of the molecule is CC1=CN(C)NN1N=Nc1ccc(N=Nc2cccc[n+]2CCO)cc1. The summed E-state index contributed by atoms with van der Waals surface area (Å²) in [5, 5.41) is 29.3. The molecular formula is C17H21N8O+. The van der Waals surface area contributed by atoms with Gasteiger partial charge in [-0.3, -0.25) is 5.01 Å². The van der Waals surface area contributed by atoms with Crippen LogP contribution in [0.5, 0.6) is 0 Å². The fourth-order valence-corrected chi connectivity index (χ4v) is 2.33. The molecule has 0 atom stereocenters. The molecule has 0 spiro atoms. The molecule has 2 heterocycles. The Morgan fingerprint density at radius 3 is 2.42 bits per heavy atom. The van der Waals surface area contributed by atoms with Crippen LogP contribution in [-0.4, -0.2) is 28.9 Å². The summed E-state index contributed by atoms with van der Waals surface area (Å²) in [6.07, 6.45) is 3.77. The third-order valence-electron chi connectivity index (χ3n) is 3.59. The van der Waals surface area contributed by atoms with E-state index in [0.717, 1.165) is 5.70 Å². The molecule has 1 aromatic heterocycles. The third-order valence-corrected chi connectivity index (χ3v) is 3.59. The molecule has 1 aliphatic heterocycles. The second-order valence-electron chi connectivity index (χ2n) is 5.67. The first-order chi connectivity index (χ1) is 12.7. The topological polar surface area (TPSA) is 92.1 Å². The van der Waals surface area contributed by atoms with Crippen LogP contribution in [0.2, 0.25) is 0 Å². The number of nitrogens with one attached hydrogen (secondary N) is 1. The number of hydrazine groups is 2. The number of hydrogen-bond donors (Lipinski definition) is 2. The van der Waals surface area contributed by atoms with Crippen LogP contribution in [0.25, 0.3) is 0 Å². The summed E-state index contributed by atoms with van der Waals surface area (Å²) in [6, 6.07) is 12.9. The first kappa shape index (κ1) is 17.6. The Balaban J connectivity index is 1.66. The van der Waals surface area contributed by atoms with Crippen LogP contribution < -0.4 is 10.1 Å². The Labute approximate surface area is 151 Å². The molecular weight excluding hydrogens is 332 g/mol. The van der Waals surface area contributed by atoms with Crippen molar-refractivity contribution in [2.24, 2.45) is 20.6 Å². The molecule has 1 aliphatic rings. The number of hydrogen-bond acceptors (Lipinski definition) is 7. The molecule has 0 bridgehead atoms. The molecule has 0 unspecified atom stereocenters. The van der Waals surface area contributed by atoms with E-state index in [9.17, 15) is 0 Å². The quantitative estimate of drug-likeness (QED) is 0.617. The minimum atomic E-state index is 0.0488. The highest BCUT2D eigenvalue weighted by molar-refractivity contribution is 5.46. The van der Waals surface area contributed by atoms with Crippen LogP contribution in [0, 0.1) is 0 Å². The first-order valence-corrected chi connectivity index (χ1v) is 8.16. The molecule has 2 N–H and O–H groups in total. The van der Waals surface area contributed by atoms with Gasteiger partial charge in [0, 0.05) is 19.3 Å². The predicted molar refractivity (Wildman–Crippen MR) is 95.4 cm³/mol. The molecule has 134 valence electrons. The Hall–Kier alpha value is -3.17. The lowest BCUT2D eigenvalue weighted by atomic mass is 10.3. The van der Waals surface area contributed by atoms with Gasteiger partial charge < -0.3 is 5.11 Å². The van der Waals surface area contributed by atoms with Gasteiger partial charge in [-0.15, -0.1) is 10.6 Å². The zero-order valence-electron chi connectivity index (χ0n) is 14.7. The van der Waals surface area contributed by atoms with Crippen LogP contribution in [0.3, 0.4) is 0 Å². The number of benzene rings is 1. The van der Waals surface area contributed by atoms with E-state index in [1.54, 1.807) is 10.1 Å². The number of allylic oxidation sites excluding steroid dienone is 1. The van der Waals surface area contributed by atoms with E-state index in [-0.39, 0.29) is 6.61 Å². The van der Waals surface area contributed by atoms with Gasteiger partial charge in [0.05, 0.1) is 29.3 Å². The lowest BCUT2D eigenvalue weighted by Crippen LogP contribution is -2.35. The van der Waals surface area contributed by atoms with Gasteiger partial charge in [-0.1, -0.05) is 6.07 Å². The van der Waals surface area contributed by atoms with Crippen LogP contribution in [-0.2, 0) is 6.54 Å². The maximum Gasteiger partial charge on any atom is 0.350 e. The van der Waals surface area contributed by atoms with E-state index in [4.69, 9.17) is 5.11 Å². The van der Waals surface area contributed by atoms with Gasteiger partial charge in [0.2, 0.25) is 0 Å². The fraction of sp³-hybridized carbons (Fsp3) is 0.235. The molecule has 2 aromatic rings. The maximum absolute atomic E-state index is 9.09. The summed E-state index contributed by atoms with van der Waals surface area (Å²) in [6.45, 7) is 2.46. The van der Waals surface area contributed by atoms with Crippen molar-refractivity contribution in [3.63, 3.8) is 0 Å². The van der Waals surface area contributed by atoms with Crippen molar-refractivity contribution in [1.82, 2.24) is 15.7 Å². The smallest absolute Gasteiger partial charge is 0.350 e. The monoisotopic (exact) mass is 353 g/mol. The van der Waals surface area contributed by atoms with E-state index in [1.807, 2.05) is 73.4 Å². The number of azo groups is 1. The summed E-state index contributed by atoms with van der Waals surface area (Å²) in [7, 11) is 1.88. The summed E-state index contributed by atoms with van der Waals surface area (Å²) < 4.78 is 1.84. The minimum absolute atomic E-state index is 0.0488. The van der Waals surface area contributed by atoms with Crippen LogP contribution in [0.4, 0.5) is 17.2 Å². The highest BCUT2D eigenvalue weighted by atomic mass is 16.3. The molecule has 9 nitrogen and oxygen atoms in total. The fourth-order valence-electron chi connectivity index (χ4n) is 2.33. The van der Waals surface area contributed by atoms with Gasteiger partial charge in [-0.05, 0) is 47.6 Å². The summed E-state index contributed by atoms with van der Waals surface area (Å²) in [4.78, 5) is 0. The first-order valence-electron chi connectivity index (χ1n) is 8.16. The van der Waals surface area contributed by atoms with Crippen LogP contribution in [0.1, 0.15) is 6.92 Å². The van der Waals surface area contributed by atoms with Crippen molar-refractivity contribution in [3.8, 4) is 0 Å². The molecule has 0 aliphatic carbocycles. The molecule has 0 fully saturated rings. The van der Waals surface area contributed by atoms with Crippen molar-refractivity contribution in [2.45, 2.75) is 13.5 Å². The molecule has 0 radical (unpaired) electrons. The predicted octanol–water partition coefficient (Wildman–Crippen LogP) is 2.91. The number of aromatic nitrogens is 1. The Bertz CT molecular complexity index is 831. The Kier molecular flexibility index (Phi) is 5.62. The van der Waals surface area contributed by atoms with Crippen molar-refractivity contribution < 1.29 is 9.67 Å². The second kappa shape index (κ2) is 8.28. The van der Waals surface area contributed by atoms with Gasteiger partial charge >= 0.3 is 5.82 Å². The zero-order valence-corrected chi connectivity index (χ0v) is 14.7. The highest BCUT2D eigenvalue weighted by Crippen LogP contribution is 2.21. The molecule has 9 heteroatoms. The van der Waals surface area contributed by atoms with Gasteiger partial charge in [-0.2, -0.15) is 5.12 Å². The van der Waals surface area contributed by atoms with Crippen LogP contribution in [0.15, 0.2) is 81.1 Å². The average Bonchev–Trinajstić information content (AvgIpc) is 2.97. The number of aliphatic hydroxyl groups excluding tert-OH is 1. The van der Waals surface area contributed by atoms with Crippen molar-refractivity contribution in [2.75, 3.05) is 13.7 Å². The van der Waals surface area contributed by atoms with E-state index >= 15 is 0 Å². The average molecular weight is 353 g/mol. The molecule has 26 heavy (non-hydrogen) atoms. The summed E-state index contributed by atoms with van der Waals surface area (Å²) in [5.74, 6) is 0.678. The maximum atomic E-state index is 9.09. The van der Waals surface area contributed by atoms with Crippen molar-refractivity contribution in [1.29, 1.82) is 0 Å². The summed E-state index contributed by atoms with van der Waals surface area (Å²) in [5.41, 5.74) is 5.36.